The summed E-state index contributed by atoms with van der Waals surface area (Å²) >= 11 is 0. The SMILES string of the molecule is C=CC(=O)Nc1cc(Nc2nccc(-n3cc(CN4CCC4)c(C4CC4)n3)n2)c(OC)cc1N1CCCC1. The lowest BCUT2D eigenvalue weighted by molar-refractivity contribution is -0.111. The first-order valence-electron chi connectivity index (χ1n) is 13.4. The van der Waals surface area contributed by atoms with E-state index in [9.17, 15) is 4.79 Å². The van der Waals surface area contributed by atoms with Crippen molar-refractivity contribution in [3.8, 4) is 11.6 Å². The van der Waals surface area contributed by atoms with E-state index >= 15 is 0 Å². The third-order valence-corrected chi connectivity index (χ3v) is 7.46. The van der Waals surface area contributed by atoms with Crippen molar-refractivity contribution < 1.29 is 9.53 Å². The average Bonchev–Trinajstić information content (AvgIpc) is 3.42. The minimum atomic E-state index is -0.265. The largest absolute Gasteiger partial charge is 0.494 e. The zero-order valence-electron chi connectivity index (χ0n) is 21.8. The summed E-state index contributed by atoms with van der Waals surface area (Å²) < 4.78 is 7.60. The number of ether oxygens (including phenoxy) is 1. The van der Waals surface area contributed by atoms with Crippen LogP contribution in [0.2, 0.25) is 0 Å². The smallest absolute Gasteiger partial charge is 0.247 e. The fourth-order valence-corrected chi connectivity index (χ4v) is 5.14. The third-order valence-electron chi connectivity index (χ3n) is 7.46. The molecule has 2 N–H and O–H groups in total. The molecule has 3 aromatic rings. The van der Waals surface area contributed by atoms with Crippen molar-refractivity contribution in [3.63, 3.8) is 0 Å². The summed E-state index contributed by atoms with van der Waals surface area (Å²) in [5, 5.41) is 11.2. The number of likely N-dealkylation sites (tertiary alicyclic amines) is 1. The number of hydrogen-bond acceptors (Lipinski definition) is 8. The van der Waals surface area contributed by atoms with E-state index in [0.29, 0.717) is 34.8 Å². The van der Waals surface area contributed by atoms with Crippen LogP contribution in [0.25, 0.3) is 5.82 Å². The number of carbonyl (C=O) groups excluding carboxylic acids is 1. The highest BCUT2D eigenvalue weighted by molar-refractivity contribution is 6.02. The van der Waals surface area contributed by atoms with Gasteiger partial charge in [0.05, 0.1) is 29.9 Å². The van der Waals surface area contributed by atoms with Gasteiger partial charge in [-0.25, -0.2) is 9.67 Å². The molecule has 1 saturated carbocycles. The van der Waals surface area contributed by atoms with E-state index in [-0.39, 0.29) is 5.91 Å². The van der Waals surface area contributed by atoms with Gasteiger partial charge in [-0.2, -0.15) is 10.1 Å². The molecule has 1 aliphatic carbocycles. The maximum Gasteiger partial charge on any atom is 0.247 e. The Labute approximate surface area is 222 Å². The number of carbonyl (C=O) groups is 1. The zero-order valence-corrected chi connectivity index (χ0v) is 21.8. The van der Waals surface area contributed by atoms with Gasteiger partial charge < -0.3 is 20.3 Å². The molecule has 10 heteroatoms. The second-order valence-corrected chi connectivity index (χ2v) is 10.2. The van der Waals surface area contributed by atoms with Crippen molar-refractivity contribution in [1.29, 1.82) is 0 Å². The fourth-order valence-electron chi connectivity index (χ4n) is 5.14. The highest BCUT2D eigenvalue weighted by atomic mass is 16.5. The van der Waals surface area contributed by atoms with Crippen LogP contribution in [0.5, 0.6) is 5.75 Å². The molecule has 3 fully saturated rings. The van der Waals surface area contributed by atoms with Gasteiger partial charge in [-0.1, -0.05) is 6.58 Å². The van der Waals surface area contributed by atoms with E-state index < -0.39 is 0 Å². The van der Waals surface area contributed by atoms with Crippen LogP contribution in [0.15, 0.2) is 43.2 Å². The minimum absolute atomic E-state index is 0.265. The minimum Gasteiger partial charge on any atom is -0.494 e. The highest BCUT2D eigenvalue weighted by Gasteiger charge is 2.31. The van der Waals surface area contributed by atoms with Crippen LogP contribution in [-0.2, 0) is 11.3 Å². The molecular formula is C28H34N8O2. The zero-order chi connectivity index (χ0) is 26.1. The van der Waals surface area contributed by atoms with Gasteiger partial charge in [-0.05, 0) is 57.3 Å². The van der Waals surface area contributed by atoms with Crippen LogP contribution < -0.4 is 20.3 Å². The molecule has 6 rings (SSSR count). The standard InChI is InChI=1S/C28H34N8O2/c1-3-26(37)30-21-15-22(24(38-2)16-23(21)35-13-4-5-14-35)31-28-29-10-9-25(32-28)36-18-20(17-34-11-6-12-34)27(33-36)19-7-8-19/h3,9-10,15-16,18-19H,1,4-8,11-14,17H2,2H3,(H,30,37)(H,29,31,32). The van der Waals surface area contributed by atoms with Crippen molar-refractivity contribution >= 4 is 28.9 Å². The number of hydrogen-bond donors (Lipinski definition) is 2. The van der Waals surface area contributed by atoms with E-state index in [4.69, 9.17) is 14.8 Å². The van der Waals surface area contributed by atoms with Crippen LogP contribution in [0.4, 0.5) is 23.0 Å². The summed E-state index contributed by atoms with van der Waals surface area (Å²) in [6, 6.07) is 5.69. The van der Waals surface area contributed by atoms with Crippen molar-refractivity contribution in [1.82, 2.24) is 24.6 Å². The van der Waals surface area contributed by atoms with Gasteiger partial charge in [0.2, 0.25) is 11.9 Å². The van der Waals surface area contributed by atoms with E-state index in [2.05, 4.69) is 38.2 Å². The number of anilines is 4. The Hall–Kier alpha value is -3.92. The predicted octanol–water partition coefficient (Wildman–Crippen LogP) is 4.22. The first-order chi connectivity index (χ1) is 18.6. The van der Waals surface area contributed by atoms with Crippen molar-refractivity contribution in [2.24, 2.45) is 0 Å². The third kappa shape index (κ3) is 5.08. The van der Waals surface area contributed by atoms with Gasteiger partial charge in [-0.3, -0.25) is 9.69 Å². The van der Waals surface area contributed by atoms with Crippen LogP contribution in [0.3, 0.4) is 0 Å². The quantitative estimate of drug-likeness (QED) is 0.388. The van der Waals surface area contributed by atoms with Crippen molar-refractivity contribution in [2.75, 3.05) is 48.8 Å². The van der Waals surface area contributed by atoms with E-state index in [1.165, 1.54) is 36.6 Å². The maximum absolute atomic E-state index is 12.2. The molecule has 4 heterocycles. The molecule has 0 bridgehead atoms. The molecule has 2 aromatic heterocycles. The Morgan fingerprint density at radius 3 is 2.66 bits per heavy atom. The van der Waals surface area contributed by atoms with Crippen LogP contribution >= 0.6 is 0 Å². The number of nitrogens with zero attached hydrogens (tertiary/aromatic N) is 6. The first kappa shape index (κ1) is 24.4. The summed E-state index contributed by atoms with van der Waals surface area (Å²) in [6.07, 6.45) is 11.0. The van der Waals surface area contributed by atoms with Gasteiger partial charge in [0.15, 0.2) is 5.82 Å². The molecule has 1 amide bonds. The molecule has 1 aromatic carbocycles. The lowest BCUT2D eigenvalue weighted by Crippen LogP contribution is -2.36. The molecular weight excluding hydrogens is 480 g/mol. The topological polar surface area (TPSA) is 100 Å². The number of methoxy groups -OCH3 is 1. The summed E-state index contributed by atoms with van der Waals surface area (Å²) in [5.74, 6) is 2.06. The molecule has 3 aliphatic rings. The van der Waals surface area contributed by atoms with Gasteiger partial charge in [0.1, 0.15) is 5.75 Å². The van der Waals surface area contributed by atoms with Gasteiger partial charge >= 0.3 is 0 Å². The monoisotopic (exact) mass is 514 g/mol. The molecule has 0 atom stereocenters. The number of rotatable bonds is 10. The Kier molecular flexibility index (Phi) is 6.71. The summed E-state index contributed by atoms with van der Waals surface area (Å²) in [4.78, 5) is 26.1. The Balaban J connectivity index is 1.29. The predicted molar refractivity (Wildman–Crippen MR) is 148 cm³/mol. The van der Waals surface area contributed by atoms with Gasteiger partial charge in [0, 0.05) is 55.6 Å². The van der Waals surface area contributed by atoms with Crippen LogP contribution in [-0.4, -0.2) is 63.8 Å². The second kappa shape index (κ2) is 10.4. The molecule has 2 aliphatic heterocycles. The molecule has 0 spiro atoms. The van der Waals surface area contributed by atoms with Crippen molar-refractivity contribution in [2.45, 2.75) is 44.6 Å². The summed E-state index contributed by atoms with van der Waals surface area (Å²) in [7, 11) is 1.64. The number of nitrogens with one attached hydrogen (secondary N) is 2. The highest BCUT2D eigenvalue weighted by Crippen LogP contribution is 2.42. The lowest BCUT2D eigenvalue weighted by atomic mass is 10.1. The molecule has 10 nitrogen and oxygen atoms in total. The summed E-state index contributed by atoms with van der Waals surface area (Å²) in [5.41, 5.74) is 4.76. The van der Waals surface area contributed by atoms with Gasteiger partial charge in [0.25, 0.3) is 0 Å². The summed E-state index contributed by atoms with van der Waals surface area (Å²) in [6.45, 7) is 8.73. The van der Waals surface area contributed by atoms with Gasteiger partial charge in [-0.15, -0.1) is 0 Å². The first-order valence-corrected chi connectivity index (χ1v) is 13.4. The fraction of sp³-hybridized carbons (Fsp3) is 0.429. The van der Waals surface area contributed by atoms with Crippen molar-refractivity contribution in [3.05, 3.63) is 54.5 Å². The Morgan fingerprint density at radius 1 is 1.16 bits per heavy atom. The molecule has 198 valence electrons. The molecule has 2 saturated heterocycles. The average molecular weight is 515 g/mol. The Bertz CT molecular complexity index is 1340. The normalized spacial score (nSPS) is 17.2. The lowest BCUT2D eigenvalue weighted by Gasteiger charge is -2.30. The second-order valence-electron chi connectivity index (χ2n) is 10.2. The number of aromatic nitrogens is 4. The number of amides is 1. The molecule has 0 unspecified atom stereocenters. The number of benzene rings is 1. The van der Waals surface area contributed by atoms with Crippen LogP contribution in [0, 0.1) is 0 Å². The van der Waals surface area contributed by atoms with E-state index in [0.717, 1.165) is 51.3 Å². The maximum atomic E-state index is 12.2. The van der Waals surface area contributed by atoms with E-state index in [1.807, 2.05) is 22.9 Å². The Morgan fingerprint density at radius 2 is 1.97 bits per heavy atom. The van der Waals surface area contributed by atoms with E-state index in [1.54, 1.807) is 13.3 Å². The van der Waals surface area contributed by atoms with Crippen LogP contribution in [0.1, 0.15) is 49.3 Å². The molecule has 0 radical (unpaired) electrons. The molecule has 38 heavy (non-hydrogen) atoms.